The number of fused-ring (bicyclic) bond motifs is 1. The highest BCUT2D eigenvalue weighted by atomic mass is 19.1. The maximum atomic E-state index is 13.7. The Morgan fingerprint density at radius 1 is 1.09 bits per heavy atom. The van der Waals surface area contributed by atoms with E-state index < -0.39 is 29.3 Å². The molecule has 0 saturated carbocycles. The highest BCUT2D eigenvalue weighted by Gasteiger charge is 2.40. The second-order valence-corrected chi connectivity index (χ2v) is 8.25. The number of carbonyl (C=O) groups excluding carboxylic acids is 3. The van der Waals surface area contributed by atoms with Gasteiger partial charge in [-0.05, 0) is 36.2 Å². The molecule has 2 aliphatic heterocycles. The van der Waals surface area contributed by atoms with E-state index in [4.69, 9.17) is 6.42 Å². The third-order valence-electron chi connectivity index (χ3n) is 5.82. The topological polar surface area (TPSA) is 91.2 Å². The van der Waals surface area contributed by atoms with Gasteiger partial charge < -0.3 is 5.32 Å². The number of hydrogen-bond donors (Lipinski definition) is 1. The highest BCUT2D eigenvalue weighted by Crippen LogP contribution is 2.37. The highest BCUT2D eigenvalue weighted by molar-refractivity contribution is 6.21. The molecule has 0 radical (unpaired) electrons. The summed E-state index contributed by atoms with van der Waals surface area (Å²) in [6.45, 7) is -0.0222. The van der Waals surface area contributed by atoms with E-state index in [1.807, 2.05) is 0 Å². The number of terminal acetylenes is 1. The minimum absolute atomic E-state index is 0.0222. The molecule has 0 spiro atoms. The van der Waals surface area contributed by atoms with Gasteiger partial charge in [0.25, 0.3) is 11.8 Å². The molecular formula is C25H23FN4O3. The Morgan fingerprint density at radius 2 is 1.79 bits per heavy atom. The summed E-state index contributed by atoms with van der Waals surface area (Å²) >= 11 is 0. The molecule has 33 heavy (non-hydrogen) atoms. The summed E-state index contributed by atoms with van der Waals surface area (Å²) < 4.78 is 13.7. The van der Waals surface area contributed by atoms with E-state index in [0.717, 1.165) is 4.90 Å². The second kappa shape index (κ2) is 9.33. The first-order chi connectivity index (χ1) is 15.9. The Hall–Kier alpha value is -3.86. The lowest BCUT2D eigenvalue weighted by molar-refractivity contribution is -0.122. The summed E-state index contributed by atoms with van der Waals surface area (Å²) in [6.07, 6.45) is 7.28. The zero-order valence-corrected chi connectivity index (χ0v) is 18.0. The molecular weight excluding hydrogens is 423 g/mol. The van der Waals surface area contributed by atoms with Gasteiger partial charge >= 0.3 is 0 Å². The molecule has 4 rings (SSSR count). The van der Waals surface area contributed by atoms with Crippen molar-refractivity contribution in [3.8, 4) is 12.3 Å². The SMILES string of the molecule is C#CCCC1(CCC(=O)N[C@@H](Cc2cccc(F)c2)CN2C(=O)c3ccccc3C2=O)N=N1. The van der Waals surface area contributed by atoms with Gasteiger partial charge in [0.1, 0.15) is 5.82 Å². The summed E-state index contributed by atoms with van der Waals surface area (Å²) in [5, 5.41) is 11.0. The van der Waals surface area contributed by atoms with E-state index in [1.165, 1.54) is 12.1 Å². The van der Waals surface area contributed by atoms with Crippen LogP contribution in [0.25, 0.3) is 0 Å². The van der Waals surface area contributed by atoms with Crippen LogP contribution in [0.3, 0.4) is 0 Å². The fourth-order valence-electron chi connectivity index (χ4n) is 4.02. The number of amides is 3. The first-order valence-electron chi connectivity index (χ1n) is 10.8. The van der Waals surface area contributed by atoms with Crippen molar-refractivity contribution in [2.45, 2.75) is 43.8 Å². The number of hydrogen-bond acceptors (Lipinski definition) is 5. The van der Waals surface area contributed by atoms with Gasteiger partial charge in [-0.3, -0.25) is 19.3 Å². The van der Waals surface area contributed by atoms with Crippen molar-refractivity contribution in [1.82, 2.24) is 10.2 Å². The zero-order chi connectivity index (χ0) is 23.4. The first kappa shape index (κ1) is 22.3. The zero-order valence-electron chi connectivity index (χ0n) is 18.0. The second-order valence-electron chi connectivity index (χ2n) is 8.25. The van der Waals surface area contributed by atoms with Gasteiger partial charge in [-0.2, -0.15) is 10.2 Å². The molecule has 168 valence electrons. The fourth-order valence-corrected chi connectivity index (χ4v) is 4.02. The molecule has 2 heterocycles. The van der Waals surface area contributed by atoms with Crippen LogP contribution in [0.4, 0.5) is 4.39 Å². The summed E-state index contributed by atoms with van der Waals surface area (Å²) in [7, 11) is 0. The lowest BCUT2D eigenvalue weighted by Crippen LogP contribution is -2.47. The summed E-state index contributed by atoms with van der Waals surface area (Å²) in [6, 6.07) is 12.0. The predicted molar refractivity (Wildman–Crippen MR) is 119 cm³/mol. The third-order valence-corrected chi connectivity index (χ3v) is 5.82. The lowest BCUT2D eigenvalue weighted by Gasteiger charge is -2.24. The van der Waals surface area contributed by atoms with E-state index in [-0.39, 0.29) is 25.3 Å². The molecule has 2 aromatic rings. The fraction of sp³-hybridized carbons (Fsp3) is 0.320. The number of nitrogens with one attached hydrogen (secondary N) is 1. The van der Waals surface area contributed by atoms with E-state index in [2.05, 4.69) is 21.5 Å². The predicted octanol–water partition coefficient (Wildman–Crippen LogP) is 3.50. The van der Waals surface area contributed by atoms with Crippen LogP contribution >= 0.6 is 0 Å². The average Bonchev–Trinajstić information content (AvgIpc) is 3.54. The molecule has 1 atom stereocenters. The maximum Gasteiger partial charge on any atom is 0.261 e. The molecule has 1 N–H and O–H groups in total. The van der Waals surface area contributed by atoms with E-state index in [1.54, 1.807) is 36.4 Å². The van der Waals surface area contributed by atoms with Crippen molar-refractivity contribution in [3.05, 3.63) is 71.0 Å². The molecule has 0 unspecified atom stereocenters. The third kappa shape index (κ3) is 5.14. The van der Waals surface area contributed by atoms with Crippen molar-refractivity contribution in [2.75, 3.05) is 6.54 Å². The van der Waals surface area contributed by atoms with Gasteiger partial charge in [0.2, 0.25) is 5.91 Å². The molecule has 2 aliphatic rings. The van der Waals surface area contributed by atoms with E-state index in [0.29, 0.717) is 36.0 Å². The van der Waals surface area contributed by atoms with Crippen molar-refractivity contribution in [1.29, 1.82) is 0 Å². The van der Waals surface area contributed by atoms with Gasteiger partial charge in [-0.15, -0.1) is 12.3 Å². The Bertz CT molecular complexity index is 1130. The molecule has 8 heteroatoms. The van der Waals surface area contributed by atoms with Gasteiger partial charge in [-0.1, -0.05) is 24.3 Å². The summed E-state index contributed by atoms with van der Waals surface area (Å²) in [5.74, 6) is 1.09. The standard InChI is InChI=1S/C25H23FN4O3/c1-2-3-12-25(28-29-25)13-11-22(31)27-19(15-17-7-6-8-18(26)14-17)16-30-23(32)20-9-4-5-10-21(20)24(30)33/h1,4-10,14,19H,3,11-13,15-16H2,(H,27,31)/t19-/m0/s1. The molecule has 2 aromatic carbocycles. The normalized spacial score (nSPS) is 16.3. The van der Waals surface area contributed by atoms with Crippen LogP contribution < -0.4 is 5.32 Å². The van der Waals surface area contributed by atoms with Crippen LogP contribution in [0, 0.1) is 18.2 Å². The quantitative estimate of drug-likeness (QED) is 0.447. The van der Waals surface area contributed by atoms with Gasteiger partial charge in [0, 0.05) is 32.2 Å². The van der Waals surface area contributed by atoms with Gasteiger partial charge in [0.15, 0.2) is 5.66 Å². The van der Waals surface area contributed by atoms with Crippen molar-refractivity contribution < 1.29 is 18.8 Å². The molecule has 7 nitrogen and oxygen atoms in total. The van der Waals surface area contributed by atoms with Crippen molar-refractivity contribution in [3.63, 3.8) is 0 Å². The molecule has 0 aliphatic carbocycles. The van der Waals surface area contributed by atoms with Crippen LogP contribution in [0.15, 0.2) is 58.8 Å². The van der Waals surface area contributed by atoms with Crippen LogP contribution in [0.5, 0.6) is 0 Å². The number of benzene rings is 2. The van der Waals surface area contributed by atoms with Gasteiger partial charge in [-0.25, -0.2) is 4.39 Å². The summed E-state index contributed by atoms with van der Waals surface area (Å²) in [4.78, 5) is 39.4. The van der Waals surface area contributed by atoms with Crippen LogP contribution in [-0.4, -0.2) is 40.9 Å². The smallest absolute Gasteiger partial charge is 0.261 e. The summed E-state index contributed by atoms with van der Waals surface area (Å²) in [5.41, 5.74) is 0.746. The van der Waals surface area contributed by atoms with Crippen LogP contribution in [0.1, 0.15) is 52.0 Å². The number of rotatable bonds is 10. The van der Waals surface area contributed by atoms with Crippen LogP contribution in [-0.2, 0) is 11.2 Å². The Balaban J connectivity index is 1.45. The number of carbonyl (C=O) groups is 3. The molecule has 0 bridgehead atoms. The molecule has 3 amide bonds. The number of halogens is 1. The Morgan fingerprint density at radius 3 is 2.39 bits per heavy atom. The Kier molecular flexibility index (Phi) is 6.31. The Labute approximate surface area is 191 Å². The molecule has 0 aromatic heterocycles. The van der Waals surface area contributed by atoms with E-state index >= 15 is 0 Å². The minimum atomic E-state index is -0.587. The average molecular weight is 446 g/mol. The van der Waals surface area contributed by atoms with Crippen molar-refractivity contribution in [2.24, 2.45) is 10.2 Å². The lowest BCUT2D eigenvalue weighted by atomic mass is 10.0. The van der Waals surface area contributed by atoms with Crippen LogP contribution in [0.2, 0.25) is 0 Å². The monoisotopic (exact) mass is 446 g/mol. The minimum Gasteiger partial charge on any atom is -0.351 e. The maximum absolute atomic E-state index is 13.7. The largest absolute Gasteiger partial charge is 0.351 e. The number of nitrogens with zero attached hydrogens (tertiary/aromatic N) is 3. The van der Waals surface area contributed by atoms with E-state index in [9.17, 15) is 18.8 Å². The van der Waals surface area contributed by atoms with Gasteiger partial charge in [0.05, 0.1) is 17.2 Å². The molecule has 0 saturated heterocycles. The molecule has 0 fully saturated rings. The first-order valence-corrected chi connectivity index (χ1v) is 10.8. The van der Waals surface area contributed by atoms with Crippen molar-refractivity contribution >= 4 is 17.7 Å². The number of imide groups is 1.